The number of benzene rings is 3. The lowest BCUT2D eigenvalue weighted by Crippen LogP contribution is -2.31. The number of aromatic nitrogens is 4. The van der Waals surface area contributed by atoms with Crippen LogP contribution in [-0.2, 0) is 13.0 Å². The second-order valence-corrected chi connectivity index (χ2v) is 9.88. The summed E-state index contributed by atoms with van der Waals surface area (Å²) in [5.41, 5.74) is 4.75. The molecule has 3 heterocycles. The van der Waals surface area contributed by atoms with E-state index in [0.717, 1.165) is 28.0 Å². The monoisotopic (exact) mass is 565 g/mol. The number of hydrogen-bond acceptors (Lipinski definition) is 6. The van der Waals surface area contributed by atoms with Gasteiger partial charge in [-0.2, -0.15) is 0 Å². The minimum absolute atomic E-state index is 0.210. The SMILES string of the molecule is O=C(NC(Cc1ccc(OCc2ccccc2)cc1)c1noc(=O)[nH]1)c1cn2cc(-c3ccc(Cl)cc3)ccc2n1. The Morgan fingerprint density at radius 3 is 2.41 bits per heavy atom. The molecule has 0 aliphatic heterocycles. The van der Waals surface area contributed by atoms with Crippen LogP contribution in [0.3, 0.4) is 0 Å². The second-order valence-electron chi connectivity index (χ2n) is 9.44. The van der Waals surface area contributed by atoms with Gasteiger partial charge in [0.25, 0.3) is 5.91 Å². The number of nitrogens with zero attached hydrogens (tertiary/aromatic N) is 3. The zero-order valence-electron chi connectivity index (χ0n) is 21.7. The maximum atomic E-state index is 13.3. The molecule has 41 heavy (non-hydrogen) atoms. The summed E-state index contributed by atoms with van der Waals surface area (Å²) in [5.74, 6) is -0.193. The van der Waals surface area contributed by atoms with Crippen LogP contribution < -0.4 is 15.8 Å². The highest BCUT2D eigenvalue weighted by Gasteiger charge is 2.22. The molecule has 6 aromatic rings. The third-order valence-electron chi connectivity index (χ3n) is 6.57. The Kier molecular flexibility index (Phi) is 7.34. The van der Waals surface area contributed by atoms with E-state index in [1.165, 1.54) is 0 Å². The lowest BCUT2D eigenvalue weighted by atomic mass is 10.0. The number of aromatic amines is 1. The van der Waals surface area contributed by atoms with Crippen LogP contribution in [-0.4, -0.2) is 25.4 Å². The second kappa shape index (κ2) is 11.5. The fraction of sp³-hybridized carbons (Fsp3) is 0.0968. The van der Waals surface area contributed by atoms with Crippen LogP contribution in [0.1, 0.15) is 33.5 Å². The van der Waals surface area contributed by atoms with E-state index in [1.54, 1.807) is 10.6 Å². The van der Waals surface area contributed by atoms with Crippen LogP contribution in [0.15, 0.2) is 113 Å². The van der Waals surface area contributed by atoms with Gasteiger partial charge in [0.15, 0.2) is 5.82 Å². The average molecular weight is 566 g/mol. The molecule has 3 aromatic heterocycles. The van der Waals surface area contributed by atoms with E-state index >= 15 is 0 Å². The van der Waals surface area contributed by atoms with Gasteiger partial charge < -0.3 is 14.5 Å². The summed E-state index contributed by atoms with van der Waals surface area (Å²) in [4.78, 5) is 32.0. The summed E-state index contributed by atoms with van der Waals surface area (Å²) in [7, 11) is 0. The van der Waals surface area contributed by atoms with Crippen LogP contribution in [0.25, 0.3) is 16.8 Å². The van der Waals surface area contributed by atoms with Gasteiger partial charge in [-0.1, -0.05) is 71.4 Å². The molecule has 0 saturated heterocycles. The number of imidazole rings is 1. The Bertz CT molecular complexity index is 1840. The van der Waals surface area contributed by atoms with Crippen molar-refractivity contribution in [2.24, 2.45) is 0 Å². The minimum Gasteiger partial charge on any atom is -0.489 e. The van der Waals surface area contributed by atoms with Crippen LogP contribution in [0.4, 0.5) is 0 Å². The van der Waals surface area contributed by atoms with E-state index in [4.69, 9.17) is 20.9 Å². The van der Waals surface area contributed by atoms with E-state index in [9.17, 15) is 9.59 Å². The highest BCUT2D eigenvalue weighted by atomic mass is 35.5. The molecule has 204 valence electrons. The smallest absolute Gasteiger partial charge is 0.438 e. The normalized spacial score (nSPS) is 11.8. The van der Waals surface area contributed by atoms with Gasteiger partial charge in [0.05, 0.1) is 6.04 Å². The van der Waals surface area contributed by atoms with Gasteiger partial charge in [-0.25, -0.2) is 9.78 Å². The summed E-state index contributed by atoms with van der Waals surface area (Å²) in [5, 5.41) is 7.41. The average Bonchev–Trinajstić information content (AvgIpc) is 3.63. The zero-order valence-corrected chi connectivity index (χ0v) is 22.4. The topological polar surface area (TPSA) is 115 Å². The Morgan fingerprint density at radius 2 is 1.68 bits per heavy atom. The van der Waals surface area contributed by atoms with Crippen LogP contribution >= 0.6 is 11.6 Å². The molecule has 0 aliphatic rings. The van der Waals surface area contributed by atoms with E-state index in [0.29, 0.717) is 23.7 Å². The van der Waals surface area contributed by atoms with Crippen molar-refractivity contribution in [2.45, 2.75) is 19.1 Å². The molecule has 2 N–H and O–H groups in total. The van der Waals surface area contributed by atoms with Crippen molar-refractivity contribution in [3.05, 3.63) is 142 Å². The zero-order chi connectivity index (χ0) is 28.2. The molecule has 0 spiro atoms. The molecule has 9 nitrogen and oxygen atoms in total. The Balaban J connectivity index is 1.18. The standard InChI is InChI=1S/C31H24ClN5O4/c32-24-11-8-22(9-12-24)23-10-15-28-33-27(18-37(28)17-23)30(38)34-26(29-35-31(39)41-36-29)16-20-6-13-25(14-7-20)40-19-21-4-2-1-3-5-21/h1-15,17-18,26H,16,19H2,(H,34,38)(H,35,36,39). The van der Waals surface area contributed by atoms with Crippen molar-refractivity contribution >= 4 is 23.2 Å². The fourth-order valence-corrected chi connectivity index (χ4v) is 4.58. The van der Waals surface area contributed by atoms with E-state index in [1.807, 2.05) is 97.2 Å². The summed E-state index contributed by atoms with van der Waals surface area (Å²) in [6.45, 7) is 0.458. The lowest BCUT2D eigenvalue weighted by molar-refractivity contribution is 0.0929. The quantitative estimate of drug-likeness (QED) is 0.235. The molecule has 3 aromatic carbocycles. The predicted octanol–water partition coefficient (Wildman–Crippen LogP) is 5.62. The van der Waals surface area contributed by atoms with Gasteiger partial charge in [0.2, 0.25) is 0 Å². The summed E-state index contributed by atoms with van der Waals surface area (Å²) in [6.07, 6.45) is 3.91. The first kappa shape index (κ1) is 26.1. The van der Waals surface area contributed by atoms with E-state index < -0.39 is 17.7 Å². The van der Waals surface area contributed by atoms with E-state index in [-0.39, 0.29) is 11.5 Å². The van der Waals surface area contributed by atoms with Crippen molar-refractivity contribution in [1.29, 1.82) is 0 Å². The molecule has 6 rings (SSSR count). The van der Waals surface area contributed by atoms with Crippen LogP contribution in [0.5, 0.6) is 5.75 Å². The number of halogens is 1. The summed E-state index contributed by atoms with van der Waals surface area (Å²) >= 11 is 6.02. The maximum Gasteiger partial charge on any atom is 0.438 e. The number of carbonyl (C=O) groups excluding carboxylic acids is 1. The molecule has 1 atom stereocenters. The lowest BCUT2D eigenvalue weighted by Gasteiger charge is -2.15. The largest absolute Gasteiger partial charge is 0.489 e. The number of amides is 1. The number of rotatable bonds is 9. The van der Waals surface area contributed by atoms with Crippen molar-refractivity contribution in [3.63, 3.8) is 0 Å². The highest BCUT2D eigenvalue weighted by Crippen LogP contribution is 2.23. The number of hydrogen-bond donors (Lipinski definition) is 2. The third-order valence-corrected chi connectivity index (χ3v) is 6.82. The fourth-order valence-electron chi connectivity index (χ4n) is 4.45. The van der Waals surface area contributed by atoms with Crippen LogP contribution in [0, 0.1) is 0 Å². The first-order valence-corrected chi connectivity index (χ1v) is 13.2. The van der Waals surface area contributed by atoms with Gasteiger partial charge in [-0.15, -0.1) is 0 Å². The van der Waals surface area contributed by atoms with Gasteiger partial charge in [0, 0.05) is 23.8 Å². The first-order chi connectivity index (χ1) is 20.0. The number of ether oxygens (including phenoxy) is 1. The molecule has 0 aliphatic carbocycles. The summed E-state index contributed by atoms with van der Waals surface area (Å²) in [6, 6.07) is 28.1. The molecule has 1 unspecified atom stereocenters. The number of nitrogens with one attached hydrogen (secondary N) is 2. The molecular formula is C31H24ClN5O4. The van der Waals surface area contributed by atoms with Crippen molar-refractivity contribution < 1.29 is 14.1 Å². The molecule has 0 radical (unpaired) electrons. The Morgan fingerprint density at radius 1 is 0.927 bits per heavy atom. The molecule has 10 heteroatoms. The van der Waals surface area contributed by atoms with Gasteiger partial charge in [-0.3, -0.25) is 14.3 Å². The molecule has 0 bridgehead atoms. The van der Waals surface area contributed by atoms with Crippen molar-refractivity contribution in [2.75, 3.05) is 0 Å². The van der Waals surface area contributed by atoms with Gasteiger partial charge in [0.1, 0.15) is 23.7 Å². The van der Waals surface area contributed by atoms with Crippen LogP contribution in [0.2, 0.25) is 5.02 Å². The number of H-pyrrole nitrogens is 1. The minimum atomic E-state index is -0.702. The first-order valence-electron chi connectivity index (χ1n) is 12.9. The van der Waals surface area contributed by atoms with Gasteiger partial charge >= 0.3 is 5.76 Å². The molecule has 0 saturated carbocycles. The third kappa shape index (κ3) is 6.21. The van der Waals surface area contributed by atoms with Crippen molar-refractivity contribution in [3.8, 4) is 16.9 Å². The Labute approximate surface area is 239 Å². The molecule has 0 fully saturated rings. The molecule has 1 amide bonds. The van der Waals surface area contributed by atoms with Crippen molar-refractivity contribution in [1.82, 2.24) is 24.8 Å². The molecular weight excluding hydrogens is 542 g/mol. The number of fused-ring (bicyclic) bond motifs is 1. The van der Waals surface area contributed by atoms with E-state index in [2.05, 4.69) is 20.4 Å². The number of pyridine rings is 1. The summed E-state index contributed by atoms with van der Waals surface area (Å²) < 4.78 is 12.4. The highest BCUT2D eigenvalue weighted by molar-refractivity contribution is 6.30. The number of carbonyl (C=O) groups is 1. The van der Waals surface area contributed by atoms with Gasteiger partial charge in [-0.05, 0) is 58.7 Å². The maximum absolute atomic E-state index is 13.3. The predicted molar refractivity (Wildman–Crippen MR) is 154 cm³/mol. The Hall–Kier alpha value is -5.15.